The number of aryl methyl sites for hydroxylation is 1. The van der Waals surface area contributed by atoms with Crippen LogP contribution in [-0.2, 0) is 0 Å². The van der Waals surface area contributed by atoms with Gasteiger partial charge in [-0.3, -0.25) is 4.79 Å². The fourth-order valence-electron chi connectivity index (χ4n) is 2.77. The van der Waals surface area contributed by atoms with Crippen LogP contribution in [0.4, 0.5) is 0 Å². The second-order valence-corrected chi connectivity index (χ2v) is 5.50. The summed E-state index contributed by atoms with van der Waals surface area (Å²) in [5, 5.41) is 18.3. The molecule has 4 heteroatoms. The Bertz CT molecular complexity index is 585. The van der Waals surface area contributed by atoms with E-state index in [1.165, 1.54) is 0 Å². The largest absolute Gasteiger partial charge is 0.394 e. The lowest BCUT2D eigenvalue weighted by Crippen LogP contribution is -2.40. The summed E-state index contributed by atoms with van der Waals surface area (Å²) in [5.41, 5.74) is 2.23. The minimum atomic E-state index is -0.201. The fourth-order valence-corrected chi connectivity index (χ4v) is 2.77. The molecule has 2 N–H and O–H groups in total. The van der Waals surface area contributed by atoms with Crippen LogP contribution in [0.3, 0.4) is 0 Å². The molecule has 1 aromatic rings. The van der Waals surface area contributed by atoms with E-state index in [0.29, 0.717) is 23.6 Å². The predicted molar refractivity (Wildman–Crippen MR) is 80.8 cm³/mol. The van der Waals surface area contributed by atoms with Crippen molar-refractivity contribution in [3.8, 4) is 11.8 Å². The third-order valence-electron chi connectivity index (χ3n) is 4.11. The summed E-state index contributed by atoms with van der Waals surface area (Å²) < 4.78 is 0. The van der Waals surface area contributed by atoms with Crippen molar-refractivity contribution in [2.24, 2.45) is 5.92 Å². The van der Waals surface area contributed by atoms with Gasteiger partial charge in [0.25, 0.3) is 5.91 Å². The Labute approximate surface area is 125 Å². The molecule has 0 radical (unpaired) electrons. The molecule has 21 heavy (non-hydrogen) atoms. The van der Waals surface area contributed by atoms with E-state index < -0.39 is 0 Å². The topological polar surface area (TPSA) is 60.8 Å². The minimum Gasteiger partial charge on any atom is -0.394 e. The number of carbonyl (C=O) groups is 1. The summed E-state index contributed by atoms with van der Waals surface area (Å²) in [6.07, 6.45) is 0.917. The van der Waals surface area contributed by atoms with E-state index in [4.69, 9.17) is 5.11 Å². The first kappa shape index (κ1) is 15.6. The molecule has 1 saturated heterocycles. The van der Waals surface area contributed by atoms with Crippen molar-refractivity contribution in [1.82, 2.24) is 4.90 Å². The van der Waals surface area contributed by atoms with Gasteiger partial charge in [-0.1, -0.05) is 24.8 Å². The number of benzene rings is 1. The number of rotatable bonds is 2. The summed E-state index contributed by atoms with van der Waals surface area (Å²) in [5.74, 6) is 5.67. The smallest absolute Gasteiger partial charge is 0.254 e. The molecule has 1 fully saturated rings. The highest BCUT2D eigenvalue weighted by molar-refractivity contribution is 5.96. The van der Waals surface area contributed by atoms with E-state index >= 15 is 0 Å². The van der Waals surface area contributed by atoms with Gasteiger partial charge in [-0.25, -0.2) is 0 Å². The van der Waals surface area contributed by atoms with Gasteiger partial charge < -0.3 is 15.1 Å². The SMILES string of the molecule is Cc1ccc(C#CCO)cc1C(=O)N1CCC(C)C1CO. The maximum Gasteiger partial charge on any atom is 0.254 e. The Hall–Kier alpha value is -1.83. The molecule has 1 heterocycles. The van der Waals surface area contributed by atoms with Crippen molar-refractivity contribution in [3.63, 3.8) is 0 Å². The predicted octanol–water partition coefficient (Wildman–Crippen LogP) is 1.18. The molecule has 1 aliphatic rings. The highest BCUT2D eigenvalue weighted by atomic mass is 16.3. The van der Waals surface area contributed by atoms with Gasteiger partial charge in [0.2, 0.25) is 0 Å². The molecular formula is C17H21NO3. The average molecular weight is 287 g/mol. The lowest BCUT2D eigenvalue weighted by atomic mass is 10.0. The Morgan fingerprint density at radius 2 is 2.19 bits per heavy atom. The van der Waals surface area contributed by atoms with Crippen LogP contribution in [-0.4, -0.2) is 46.8 Å². The molecule has 1 amide bonds. The van der Waals surface area contributed by atoms with Crippen molar-refractivity contribution < 1.29 is 15.0 Å². The highest BCUT2D eigenvalue weighted by Gasteiger charge is 2.34. The summed E-state index contributed by atoms with van der Waals surface area (Å²) in [6, 6.07) is 5.36. The van der Waals surface area contributed by atoms with Gasteiger partial charge >= 0.3 is 0 Å². The summed E-state index contributed by atoms with van der Waals surface area (Å²) in [4.78, 5) is 14.5. The quantitative estimate of drug-likeness (QED) is 0.803. The van der Waals surface area contributed by atoms with Crippen LogP contribution in [0.5, 0.6) is 0 Å². The number of hydrogen-bond acceptors (Lipinski definition) is 3. The maximum absolute atomic E-state index is 12.7. The van der Waals surface area contributed by atoms with Crippen LogP contribution in [0.1, 0.15) is 34.8 Å². The maximum atomic E-state index is 12.7. The fraction of sp³-hybridized carbons (Fsp3) is 0.471. The van der Waals surface area contributed by atoms with E-state index in [9.17, 15) is 9.90 Å². The van der Waals surface area contributed by atoms with Crippen LogP contribution in [0, 0.1) is 24.7 Å². The third kappa shape index (κ3) is 3.26. The van der Waals surface area contributed by atoms with Crippen molar-refractivity contribution in [2.75, 3.05) is 19.8 Å². The molecule has 1 aliphatic heterocycles. The molecule has 0 aromatic heterocycles. The second kappa shape index (κ2) is 6.75. The van der Waals surface area contributed by atoms with E-state index in [1.807, 2.05) is 19.1 Å². The first-order chi connectivity index (χ1) is 10.1. The Kier molecular flexibility index (Phi) is 5.00. The monoisotopic (exact) mass is 287 g/mol. The lowest BCUT2D eigenvalue weighted by Gasteiger charge is -2.26. The number of carbonyl (C=O) groups excluding carboxylic acids is 1. The molecular weight excluding hydrogens is 266 g/mol. The molecule has 112 valence electrons. The Balaban J connectivity index is 2.30. The summed E-state index contributed by atoms with van der Waals surface area (Å²) >= 11 is 0. The zero-order chi connectivity index (χ0) is 15.4. The van der Waals surface area contributed by atoms with Crippen LogP contribution >= 0.6 is 0 Å². The van der Waals surface area contributed by atoms with Gasteiger partial charge in [0, 0.05) is 17.7 Å². The van der Waals surface area contributed by atoms with Gasteiger partial charge in [0.1, 0.15) is 6.61 Å². The number of likely N-dealkylation sites (tertiary alicyclic amines) is 1. The third-order valence-corrected chi connectivity index (χ3v) is 4.11. The van der Waals surface area contributed by atoms with Crippen molar-refractivity contribution in [2.45, 2.75) is 26.3 Å². The van der Waals surface area contributed by atoms with Crippen LogP contribution in [0.25, 0.3) is 0 Å². The standard InChI is InChI=1S/C17H21NO3/c1-12-5-6-14(4-3-9-19)10-15(12)17(21)18-8-7-13(2)16(18)11-20/h5-6,10,13,16,19-20H,7-9,11H2,1-2H3. The summed E-state index contributed by atoms with van der Waals surface area (Å²) in [7, 11) is 0. The van der Waals surface area contributed by atoms with Gasteiger partial charge in [0.05, 0.1) is 12.6 Å². The van der Waals surface area contributed by atoms with Gasteiger partial charge in [0.15, 0.2) is 0 Å². The molecule has 2 atom stereocenters. The molecule has 0 aliphatic carbocycles. The van der Waals surface area contributed by atoms with Crippen molar-refractivity contribution >= 4 is 5.91 Å². The molecule has 2 unspecified atom stereocenters. The number of aliphatic hydroxyl groups is 2. The van der Waals surface area contributed by atoms with Crippen molar-refractivity contribution in [3.05, 3.63) is 34.9 Å². The zero-order valence-corrected chi connectivity index (χ0v) is 12.5. The molecule has 0 spiro atoms. The normalized spacial score (nSPS) is 21.0. The highest BCUT2D eigenvalue weighted by Crippen LogP contribution is 2.26. The van der Waals surface area contributed by atoms with E-state index in [1.54, 1.807) is 11.0 Å². The van der Waals surface area contributed by atoms with Crippen LogP contribution in [0.2, 0.25) is 0 Å². The van der Waals surface area contributed by atoms with Crippen molar-refractivity contribution in [1.29, 1.82) is 0 Å². The Morgan fingerprint density at radius 1 is 1.43 bits per heavy atom. The van der Waals surface area contributed by atoms with Gasteiger partial charge in [-0.2, -0.15) is 0 Å². The molecule has 1 aromatic carbocycles. The minimum absolute atomic E-state index is 0.00401. The molecule has 0 bridgehead atoms. The summed E-state index contributed by atoms with van der Waals surface area (Å²) in [6.45, 7) is 4.43. The molecule has 0 saturated carbocycles. The first-order valence-electron chi connectivity index (χ1n) is 7.20. The molecule has 4 nitrogen and oxygen atoms in total. The number of amides is 1. The number of nitrogens with zero attached hydrogens (tertiary/aromatic N) is 1. The van der Waals surface area contributed by atoms with Crippen LogP contribution < -0.4 is 0 Å². The second-order valence-electron chi connectivity index (χ2n) is 5.50. The Morgan fingerprint density at radius 3 is 2.86 bits per heavy atom. The van der Waals surface area contributed by atoms with Crippen LogP contribution in [0.15, 0.2) is 18.2 Å². The average Bonchev–Trinajstić information content (AvgIpc) is 2.86. The number of aliphatic hydroxyl groups excluding tert-OH is 2. The van der Waals surface area contributed by atoms with E-state index in [2.05, 4.69) is 18.8 Å². The van der Waals surface area contributed by atoms with E-state index in [-0.39, 0.29) is 25.2 Å². The zero-order valence-electron chi connectivity index (χ0n) is 12.5. The number of hydrogen-bond donors (Lipinski definition) is 2. The first-order valence-corrected chi connectivity index (χ1v) is 7.20. The van der Waals surface area contributed by atoms with Gasteiger partial charge in [-0.15, -0.1) is 0 Å². The van der Waals surface area contributed by atoms with Gasteiger partial charge in [-0.05, 0) is 37.0 Å². The van der Waals surface area contributed by atoms with E-state index in [0.717, 1.165) is 12.0 Å². The molecule has 2 rings (SSSR count). The lowest BCUT2D eigenvalue weighted by molar-refractivity contribution is 0.0647.